The highest BCUT2D eigenvalue weighted by Gasteiger charge is 2.45. The van der Waals surface area contributed by atoms with Crippen LogP contribution in [-0.2, 0) is 13.3 Å². The fourth-order valence-electron chi connectivity index (χ4n) is 2.40. The third kappa shape index (κ3) is 5.00. The van der Waals surface area contributed by atoms with Crippen molar-refractivity contribution < 1.29 is 13.3 Å². The van der Waals surface area contributed by atoms with E-state index in [2.05, 4.69) is 27.7 Å². The van der Waals surface area contributed by atoms with Gasteiger partial charge in [0, 0.05) is 19.3 Å². The topological polar surface area (TPSA) is 27.7 Å². The van der Waals surface area contributed by atoms with Crippen LogP contribution in [0.25, 0.3) is 0 Å². The molecule has 0 aliphatic rings. The Bertz CT molecular complexity index is 199. The summed E-state index contributed by atoms with van der Waals surface area (Å²) in [5.74, 6) is 0. The zero-order chi connectivity index (χ0) is 14.1. The second-order valence-electron chi connectivity index (χ2n) is 4.64. The molecule has 0 aliphatic heterocycles. The van der Waals surface area contributed by atoms with Crippen LogP contribution in [0.1, 0.15) is 67.2 Å². The Kier molecular flexibility index (Phi) is 9.12. The first-order valence-electron chi connectivity index (χ1n) is 7.55. The molecule has 0 bridgehead atoms. The van der Waals surface area contributed by atoms with E-state index in [4.69, 9.17) is 13.3 Å². The minimum Gasteiger partial charge on any atom is -0.374 e. The third-order valence-electron chi connectivity index (χ3n) is 3.53. The molecule has 0 atom stereocenters. The van der Waals surface area contributed by atoms with Crippen LogP contribution in [0.3, 0.4) is 0 Å². The molecule has 0 spiro atoms. The first-order chi connectivity index (χ1) is 8.57. The summed E-state index contributed by atoms with van der Waals surface area (Å²) >= 11 is 0. The molecule has 0 heterocycles. The van der Waals surface area contributed by atoms with Crippen molar-refractivity contribution in [3.8, 4) is 0 Å². The smallest absolute Gasteiger partial charge is 0.374 e. The Hall–Kier alpha value is 0.0969. The van der Waals surface area contributed by atoms with Crippen molar-refractivity contribution in [3.05, 3.63) is 0 Å². The second-order valence-corrected chi connectivity index (χ2v) is 7.50. The third-order valence-corrected chi connectivity index (χ3v) is 6.59. The molecule has 0 amide bonds. The van der Waals surface area contributed by atoms with Gasteiger partial charge in [-0.3, -0.25) is 0 Å². The summed E-state index contributed by atoms with van der Waals surface area (Å²) in [4.78, 5) is 0. The largest absolute Gasteiger partial charge is 0.501 e. The van der Waals surface area contributed by atoms with Gasteiger partial charge in [0.25, 0.3) is 0 Å². The molecule has 0 aromatic rings. The molecular formula is C14H32O3Si. The van der Waals surface area contributed by atoms with Gasteiger partial charge < -0.3 is 13.3 Å². The normalized spacial score (nSPS) is 13.0. The maximum atomic E-state index is 6.49. The molecule has 110 valence electrons. The molecule has 0 aliphatic carbocycles. The first kappa shape index (κ1) is 18.1. The molecule has 0 radical (unpaired) electrons. The fraction of sp³-hybridized carbons (Fsp3) is 1.00. The summed E-state index contributed by atoms with van der Waals surface area (Å²) in [6, 6.07) is 0.847. The van der Waals surface area contributed by atoms with Gasteiger partial charge in [-0.05, 0) is 33.1 Å². The van der Waals surface area contributed by atoms with Gasteiger partial charge in [0.2, 0.25) is 0 Å². The Labute approximate surface area is 115 Å². The molecule has 0 aromatic carbocycles. The van der Waals surface area contributed by atoms with Crippen LogP contribution in [0.4, 0.5) is 0 Å². The van der Waals surface area contributed by atoms with Gasteiger partial charge >= 0.3 is 8.80 Å². The zero-order valence-corrected chi connectivity index (χ0v) is 14.2. The van der Waals surface area contributed by atoms with E-state index in [0.29, 0.717) is 13.2 Å². The standard InChI is InChI=1S/C14H32O3Si/c1-7-13-14(8-2,9-3)17-18(12-6,15-10-4)16-11-5/h7-13H2,1-6H3. The zero-order valence-electron chi connectivity index (χ0n) is 13.2. The lowest BCUT2D eigenvalue weighted by Gasteiger charge is -2.40. The highest BCUT2D eigenvalue weighted by molar-refractivity contribution is 6.60. The second kappa shape index (κ2) is 9.07. The Morgan fingerprint density at radius 3 is 1.61 bits per heavy atom. The Morgan fingerprint density at radius 1 is 0.833 bits per heavy atom. The van der Waals surface area contributed by atoms with Crippen molar-refractivity contribution in [2.45, 2.75) is 78.9 Å². The highest BCUT2D eigenvalue weighted by Crippen LogP contribution is 2.32. The SMILES string of the molecule is CCCC(CC)(CC)O[Si](CC)(OCC)OCC. The van der Waals surface area contributed by atoms with Crippen LogP contribution in [0.15, 0.2) is 0 Å². The number of hydrogen-bond acceptors (Lipinski definition) is 3. The summed E-state index contributed by atoms with van der Waals surface area (Å²) in [6.45, 7) is 14.1. The summed E-state index contributed by atoms with van der Waals surface area (Å²) in [6.07, 6.45) is 4.25. The minimum absolute atomic E-state index is 0.0681. The molecule has 0 unspecified atom stereocenters. The Balaban J connectivity index is 4.98. The molecular weight excluding hydrogens is 244 g/mol. The molecule has 18 heavy (non-hydrogen) atoms. The lowest BCUT2D eigenvalue weighted by Crippen LogP contribution is -2.52. The summed E-state index contributed by atoms with van der Waals surface area (Å²) in [5.41, 5.74) is -0.0681. The molecule has 0 fully saturated rings. The predicted molar refractivity (Wildman–Crippen MR) is 78.8 cm³/mol. The van der Waals surface area contributed by atoms with E-state index in [9.17, 15) is 0 Å². The highest BCUT2D eigenvalue weighted by atomic mass is 28.4. The van der Waals surface area contributed by atoms with Crippen molar-refractivity contribution in [1.29, 1.82) is 0 Å². The van der Waals surface area contributed by atoms with Gasteiger partial charge in [0.1, 0.15) is 0 Å². The molecule has 3 nitrogen and oxygen atoms in total. The van der Waals surface area contributed by atoms with Crippen LogP contribution in [0, 0.1) is 0 Å². The van der Waals surface area contributed by atoms with E-state index in [1.54, 1.807) is 0 Å². The summed E-state index contributed by atoms with van der Waals surface area (Å²) < 4.78 is 18.3. The lowest BCUT2D eigenvalue weighted by atomic mass is 9.92. The van der Waals surface area contributed by atoms with E-state index in [-0.39, 0.29) is 5.60 Å². The van der Waals surface area contributed by atoms with Gasteiger partial charge in [0.05, 0.1) is 5.60 Å². The van der Waals surface area contributed by atoms with Crippen molar-refractivity contribution in [3.63, 3.8) is 0 Å². The maximum Gasteiger partial charge on any atom is 0.501 e. The molecule has 0 saturated carbocycles. The van der Waals surface area contributed by atoms with Gasteiger partial charge in [-0.25, -0.2) is 0 Å². The number of rotatable bonds is 11. The van der Waals surface area contributed by atoms with Crippen LogP contribution >= 0.6 is 0 Å². The van der Waals surface area contributed by atoms with Crippen molar-refractivity contribution in [1.82, 2.24) is 0 Å². The van der Waals surface area contributed by atoms with Crippen LogP contribution in [0.2, 0.25) is 6.04 Å². The first-order valence-corrected chi connectivity index (χ1v) is 9.48. The van der Waals surface area contributed by atoms with Crippen LogP contribution in [0.5, 0.6) is 0 Å². The van der Waals surface area contributed by atoms with E-state index in [0.717, 1.165) is 31.7 Å². The van der Waals surface area contributed by atoms with Crippen molar-refractivity contribution in [2.75, 3.05) is 13.2 Å². The van der Waals surface area contributed by atoms with Crippen LogP contribution < -0.4 is 0 Å². The molecule has 0 rings (SSSR count). The van der Waals surface area contributed by atoms with E-state index in [1.165, 1.54) is 0 Å². The number of hydrogen-bond donors (Lipinski definition) is 0. The van der Waals surface area contributed by atoms with E-state index in [1.807, 2.05) is 13.8 Å². The average molecular weight is 276 g/mol. The van der Waals surface area contributed by atoms with E-state index >= 15 is 0 Å². The van der Waals surface area contributed by atoms with Crippen LogP contribution in [-0.4, -0.2) is 27.6 Å². The molecule has 4 heteroatoms. The lowest BCUT2D eigenvalue weighted by molar-refractivity contribution is -0.0396. The maximum absolute atomic E-state index is 6.49. The molecule has 0 aromatic heterocycles. The minimum atomic E-state index is -2.48. The fourth-order valence-corrected chi connectivity index (χ4v) is 5.09. The Morgan fingerprint density at radius 2 is 1.33 bits per heavy atom. The van der Waals surface area contributed by atoms with Crippen molar-refractivity contribution >= 4 is 8.80 Å². The predicted octanol–water partition coefficient (Wildman–Crippen LogP) is 4.39. The van der Waals surface area contributed by atoms with E-state index < -0.39 is 8.80 Å². The average Bonchev–Trinajstić information content (AvgIpc) is 2.38. The van der Waals surface area contributed by atoms with Gasteiger partial charge in [-0.1, -0.05) is 34.1 Å². The van der Waals surface area contributed by atoms with Gasteiger partial charge in [-0.2, -0.15) is 0 Å². The molecule has 0 N–H and O–H groups in total. The molecule has 0 saturated heterocycles. The van der Waals surface area contributed by atoms with Gasteiger partial charge in [-0.15, -0.1) is 0 Å². The van der Waals surface area contributed by atoms with Gasteiger partial charge in [0.15, 0.2) is 0 Å². The van der Waals surface area contributed by atoms with Crippen molar-refractivity contribution in [2.24, 2.45) is 0 Å². The summed E-state index contributed by atoms with van der Waals surface area (Å²) in [5, 5.41) is 0. The quantitative estimate of drug-likeness (QED) is 0.524. The summed E-state index contributed by atoms with van der Waals surface area (Å²) in [7, 11) is -2.48. The monoisotopic (exact) mass is 276 g/mol.